The third-order valence-corrected chi connectivity index (χ3v) is 4.98. The molecule has 2 unspecified atom stereocenters. The molecule has 2 atom stereocenters. The molecular weight excluding hydrogens is 389 g/mol. The number of likely N-dealkylation sites (tertiary alicyclic amines) is 1. The van der Waals surface area contributed by atoms with Crippen molar-refractivity contribution in [3.8, 4) is 5.75 Å². The first-order valence-electron chi connectivity index (χ1n) is 9.95. The van der Waals surface area contributed by atoms with Crippen LogP contribution in [0.15, 0.2) is 36.2 Å². The summed E-state index contributed by atoms with van der Waals surface area (Å²) in [4.78, 5) is 27.1. The summed E-state index contributed by atoms with van der Waals surface area (Å²) < 4.78 is 19.1. The summed E-state index contributed by atoms with van der Waals surface area (Å²) in [5.41, 5.74) is 5.70. The molecule has 1 aliphatic heterocycles. The zero-order valence-electron chi connectivity index (χ0n) is 18.0. The molecule has 1 heterocycles. The van der Waals surface area contributed by atoms with Crippen LogP contribution in [0.25, 0.3) is 0 Å². The van der Waals surface area contributed by atoms with Crippen molar-refractivity contribution in [2.45, 2.75) is 45.7 Å². The highest BCUT2D eigenvalue weighted by atomic mass is 19.1. The predicted octanol–water partition coefficient (Wildman–Crippen LogP) is 1.33. The number of benzene rings is 1. The fourth-order valence-corrected chi connectivity index (χ4v) is 3.60. The van der Waals surface area contributed by atoms with Gasteiger partial charge in [-0.15, -0.1) is 0 Å². The SMILES string of the molecule is CNC(=O)C1CCCN1C(=O)C(N(N)/C=C(\N)COc1ccccc1F)C(C)(C)C. The van der Waals surface area contributed by atoms with Gasteiger partial charge in [-0.3, -0.25) is 9.59 Å². The number of nitrogens with zero attached hydrogens (tertiary/aromatic N) is 2. The van der Waals surface area contributed by atoms with Crippen LogP contribution in [0.2, 0.25) is 0 Å². The summed E-state index contributed by atoms with van der Waals surface area (Å²) in [6, 6.07) is 4.74. The van der Waals surface area contributed by atoms with Gasteiger partial charge in [-0.25, -0.2) is 10.2 Å². The largest absolute Gasteiger partial charge is 0.484 e. The Bertz CT molecular complexity index is 793. The normalized spacial score (nSPS) is 18.1. The van der Waals surface area contributed by atoms with Gasteiger partial charge in [0.2, 0.25) is 11.8 Å². The Kier molecular flexibility index (Phi) is 7.66. The summed E-state index contributed by atoms with van der Waals surface area (Å²) in [5.74, 6) is 5.38. The average molecular weight is 422 g/mol. The van der Waals surface area contributed by atoms with Gasteiger partial charge in [-0.2, -0.15) is 0 Å². The number of carbonyl (C=O) groups is 2. The minimum Gasteiger partial charge on any atom is -0.484 e. The molecule has 0 bridgehead atoms. The molecule has 9 heteroatoms. The number of likely N-dealkylation sites (N-methyl/N-ethyl adjacent to an activating group) is 1. The molecule has 8 nitrogen and oxygen atoms in total. The third-order valence-electron chi connectivity index (χ3n) is 4.98. The molecule has 1 aliphatic rings. The second kappa shape index (κ2) is 9.80. The van der Waals surface area contributed by atoms with Crippen LogP contribution in [0.1, 0.15) is 33.6 Å². The number of carbonyl (C=O) groups excluding carboxylic acids is 2. The van der Waals surface area contributed by atoms with Crippen molar-refractivity contribution in [3.05, 3.63) is 42.0 Å². The van der Waals surface area contributed by atoms with Gasteiger partial charge in [0.25, 0.3) is 0 Å². The lowest BCUT2D eigenvalue weighted by Gasteiger charge is -2.39. The van der Waals surface area contributed by atoms with Crippen LogP contribution in [0.4, 0.5) is 4.39 Å². The number of halogens is 1. The third kappa shape index (κ3) is 5.63. The first-order valence-corrected chi connectivity index (χ1v) is 9.95. The van der Waals surface area contributed by atoms with Crippen molar-refractivity contribution >= 4 is 11.8 Å². The highest BCUT2D eigenvalue weighted by Gasteiger charge is 2.42. The van der Waals surface area contributed by atoms with Gasteiger partial charge in [0.05, 0.1) is 5.70 Å². The maximum Gasteiger partial charge on any atom is 0.248 e. The molecular formula is C21H32FN5O3. The van der Waals surface area contributed by atoms with Gasteiger partial charge >= 0.3 is 0 Å². The van der Waals surface area contributed by atoms with E-state index >= 15 is 0 Å². The van der Waals surface area contributed by atoms with Crippen LogP contribution >= 0.6 is 0 Å². The standard InChI is InChI=1S/C21H32FN5O3/c1-21(2,3)18(20(29)26-11-7-9-16(26)19(28)25-4)27(24)12-14(23)13-30-17-10-6-5-8-15(17)22/h5-6,8,10,12,16,18H,7,9,11,13,23-24H2,1-4H3,(H,25,28)/b14-12-. The highest BCUT2D eigenvalue weighted by molar-refractivity contribution is 5.90. The van der Waals surface area contributed by atoms with Crippen molar-refractivity contribution in [2.75, 3.05) is 20.2 Å². The van der Waals surface area contributed by atoms with Gasteiger partial charge in [0.1, 0.15) is 18.7 Å². The van der Waals surface area contributed by atoms with E-state index in [1.807, 2.05) is 20.8 Å². The Morgan fingerprint density at radius 2 is 2.07 bits per heavy atom. The fourth-order valence-electron chi connectivity index (χ4n) is 3.60. The number of rotatable bonds is 7. The van der Waals surface area contributed by atoms with Crippen LogP contribution in [0.5, 0.6) is 5.75 Å². The lowest BCUT2D eigenvalue weighted by molar-refractivity contribution is -0.145. The maximum absolute atomic E-state index is 13.7. The number of para-hydroxylation sites is 1. The molecule has 1 saturated heterocycles. The quantitative estimate of drug-likeness (QED) is 0.452. The molecule has 0 saturated carbocycles. The first-order chi connectivity index (χ1) is 14.1. The summed E-state index contributed by atoms with van der Waals surface area (Å²) >= 11 is 0. The summed E-state index contributed by atoms with van der Waals surface area (Å²) in [7, 11) is 1.55. The Hall–Kier alpha value is -2.81. The molecule has 30 heavy (non-hydrogen) atoms. The van der Waals surface area contributed by atoms with Gasteiger partial charge in [-0.1, -0.05) is 32.9 Å². The van der Waals surface area contributed by atoms with Gasteiger partial charge in [-0.05, 0) is 30.4 Å². The monoisotopic (exact) mass is 421 g/mol. The van der Waals surface area contributed by atoms with Crippen LogP contribution in [-0.2, 0) is 9.59 Å². The van der Waals surface area contributed by atoms with E-state index in [1.165, 1.54) is 23.3 Å². The second-order valence-electron chi connectivity index (χ2n) is 8.44. The number of hydrogen-bond donors (Lipinski definition) is 3. The maximum atomic E-state index is 13.7. The second-order valence-corrected chi connectivity index (χ2v) is 8.44. The van der Waals surface area contributed by atoms with Crippen molar-refractivity contribution in [3.63, 3.8) is 0 Å². The zero-order chi connectivity index (χ0) is 22.5. The molecule has 0 aromatic heterocycles. The van der Waals surface area contributed by atoms with E-state index in [2.05, 4.69) is 5.32 Å². The number of nitrogens with one attached hydrogen (secondary N) is 1. The van der Waals surface area contributed by atoms with Crippen molar-refractivity contribution in [1.82, 2.24) is 15.2 Å². The minimum absolute atomic E-state index is 0.0753. The molecule has 1 aromatic carbocycles. The van der Waals surface area contributed by atoms with Crippen LogP contribution in [0, 0.1) is 11.2 Å². The molecule has 166 valence electrons. The number of ether oxygens (including phenoxy) is 1. The van der Waals surface area contributed by atoms with E-state index in [4.69, 9.17) is 16.3 Å². The van der Waals surface area contributed by atoms with E-state index < -0.39 is 23.3 Å². The number of hydrazine groups is 1. The summed E-state index contributed by atoms with van der Waals surface area (Å²) in [6.45, 7) is 6.07. The van der Waals surface area contributed by atoms with Crippen LogP contribution in [-0.4, -0.2) is 54.0 Å². The van der Waals surface area contributed by atoms with E-state index in [9.17, 15) is 14.0 Å². The Morgan fingerprint density at radius 1 is 1.40 bits per heavy atom. The Morgan fingerprint density at radius 3 is 2.67 bits per heavy atom. The number of nitrogens with two attached hydrogens (primary N) is 2. The summed E-state index contributed by atoms with van der Waals surface area (Å²) in [6.07, 6.45) is 2.78. The van der Waals surface area contributed by atoms with E-state index in [-0.39, 0.29) is 29.9 Å². The average Bonchev–Trinajstić information content (AvgIpc) is 3.15. The Labute approximate surface area is 177 Å². The van der Waals surface area contributed by atoms with E-state index in [0.717, 1.165) is 6.42 Å². The van der Waals surface area contributed by atoms with E-state index in [1.54, 1.807) is 24.1 Å². The number of amides is 2. The summed E-state index contributed by atoms with van der Waals surface area (Å²) in [5, 5.41) is 3.86. The van der Waals surface area contributed by atoms with Gasteiger partial charge < -0.3 is 25.7 Å². The van der Waals surface area contributed by atoms with E-state index in [0.29, 0.717) is 13.0 Å². The first kappa shape index (κ1) is 23.5. The highest BCUT2D eigenvalue weighted by Crippen LogP contribution is 2.28. The zero-order valence-corrected chi connectivity index (χ0v) is 18.0. The smallest absolute Gasteiger partial charge is 0.248 e. The fraction of sp³-hybridized carbons (Fsp3) is 0.524. The lowest BCUT2D eigenvalue weighted by atomic mass is 9.85. The molecule has 0 radical (unpaired) electrons. The molecule has 0 spiro atoms. The predicted molar refractivity (Wildman–Crippen MR) is 112 cm³/mol. The Balaban J connectivity index is 2.15. The van der Waals surface area contributed by atoms with Crippen LogP contribution < -0.4 is 21.6 Å². The number of hydrogen-bond acceptors (Lipinski definition) is 6. The van der Waals surface area contributed by atoms with Crippen molar-refractivity contribution < 1.29 is 18.7 Å². The van der Waals surface area contributed by atoms with Crippen molar-refractivity contribution in [1.29, 1.82) is 0 Å². The van der Waals surface area contributed by atoms with Crippen molar-refractivity contribution in [2.24, 2.45) is 17.0 Å². The minimum atomic E-state index is -0.755. The molecule has 1 fully saturated rings. The topological polar surface area (TPSA) is 114 Å². The molecule has 2 amide bonds. The van der Waals surface area contributed by atoms with Gasteiger partial charge in [0.15, 0.2) is 11.6 Å². The molecule has 2 rings (SSSR count). The van der Waals surface area contributed by atoms with Gasteiger partial charge in [0, 0.05) is 19.8 Å². The lowest BCUT2D eigenvalue weighted by Crippen LogP contribution is -2.58. The molecule has 1 aromatic rings. The molecule has 5 N–H and O–H groups in total. The molecule has 0 aliphatic carbocycles. The van der Waals surface area contributed by atoms with Crippen LogP contribution in [0.3, 0.4) is 0 Å².